The van der Waals surface area contributed by atoms with Crippen molar-refractivity contribution in [2.45, 2.75) is 12.7 Å². The summed E-state index contributed by atoms with van der Waals surface area (Å²) in [4.78, 5) is 1.70. The molecule has 0 bridgehead atoms. The number of thiophene rings is 1. The Morgan fingerprint density at radius 1 is 1.04 bits per heavy atom. The van der Waals surface area contributed by atoms with E-state index in [-0.39, 0.29) is 5.56 Å². The first-order chi connectivity index (χ1) is 13.1. The lowest BCUT2D eigenvalue weighted by Crippen LogP contribution is -2.03. The predicted molar refractivity (Wildman–Crippen MR) is 101 cm³/mol. The molecule has 0 fully saturated rings. The lowest BCUT2D eigenvalue weighted by atomic mass is 9.95. The van der Waals surface area contributed by atoms with Crippen molar-refractivity contribution in [3.05, 3.63) is 70.1 Å². The summed E-state index contributed by atoms with van der Waals surface area (Å²) < 4.78 is 39.3. The van der Waals surface area contributed by atoms with Gasteiger partial charge in [0.2, 0.25) is 0 Å². The molecule has 0 saturated heterocycles. The number of aliphatic hydroxyl groups is 1. The molecule has 0 radical (unpaired) electrons. The average molecular weight is 388 g/mol. The molecule has 1 aliphatic carbocycles. The summed E-state index contributed by atoms with van der Waals surface area (Å²) in [6, 6.07) is 11.7. The quantitative estimate of drug-likeness (QED) is 0.631. The topological polar surface area (TPSA) is 38.7 Å². The Labute approximate surface area is 159 Å². The summed E-state index contributed by atoms with van der Waals surface area (Å²) >= 11 is 1.46. The van der Waals surface area contributed by atoms with E-state index in [1.807, 2.05) is 30.3 Å². The molecule has 1 unspecified atom stereocenters. The first kappa shape index (κ1) is 18.3. The third-order valence-electron chi connectivity index (χ3n) is 4.65. The maximum absolute atomic E-state index is 14.8. The van der Waals surface area contributed by atoms with Crippen LogP contribution >= 0.6 is 11.3 Å². The van der Waals surface area contributed by atoms with Gasteiger partial charge < -0.3 is 14.6 Å². The van der Waals surface area contributed by atoms with Crippen molar-refractivity contribution in [3.63, 3.8) is 0 Å². The molecule has 0 spiro atoms. The maximum atomic E-state index is 14.8. The third kappa shape index (κ3) is 3.19. The van der Waals surface area contributed by atoms with Gasteiger partial charge in [0, 0.05) is 28.0 Å². The fraction of sp³-hybridized carbons (Fsp3) is 0.238. The minimum atomic E-state index is -1.02. The Morgan fingerprint density at radius 3 is 2.67 bits per heavy atom. The maximum Gasteiger partial charge on any atom is 0.167 e. The second-order valence-electron chi connectivity index (χ2n) is 6.32. The van der Waals surface area contributed by atoms with Crippen LogP contribution < -0.4 is 0 Å². The lowest BCUT2D eigenvalue weighted by Gasteiger charge is -2.15. The molecule has 1 aliphatic rings. The van der Waals surface area contributed by atoms with Gasteiger partial charge >= 0.3 is 0 Å². The van der Waals surface area contributed by atoms with Gasteiger partial charge in [0.25, 0.3) is 0 Å². The van der Waals surface area contributed by atoms with E-state index in [9.17, 15) is 13.9 Å². The minimum Gasteiger partial charge on any atom is -0.384 e. The van der Waals surface area contributed by atoms with Crippen LogP contribution in [-0.4, -0.2) is 25.4 Å². The number of rotatable bonds is 5. The van der Waals surface area contributed by atoms with Crippen molar-refractivity contribution in [2.75, 3.05) is 20.3 Å². The van der Waals surface area contributed by atoms with Crippen molar-refractivity contribution in [1.82, 2.24) is 0 Å². The first-order valence-corrected chi connectivity index (χ1v) is 9.38. The molecule has 3 aromatic rings. The van der Waals surface area contributed by atoms with Crippen LogP contribution in [0.2, 0.25) is 0 Å². The highest BCUT2D eigenvalue weighted by Gasteiger charge is 2.30. The molecule has 1 N–H and O–H groups in total. The molecule has 3 nitrogen and oxygen atoms in total. The van der Waals surface area contributed by atoms with Crippen LogP contribution in [0.4, 0.5) is 8.78 Å². The van der Waals surface area contributed by atoms with Crippen molar-refractivity contribution < 1.29 is 23.4 Å². The number of aliphatic hydroxyl groups excluding tert-OH is 1. The SMILES string of the molecule is COCCOCc1cc2c(s1)-c1ccccc1C(O)c1ccc(F)c(F)c1-2. The third-order valence-corrected chi connectivity index (χ3v) is 5.79. The second-order valence-corrected chi connectivity index (χ2v) is 7.45. The van der Waals surface area contributed by atoms with Gasteiger partial charge in [-0.3, -0.25) is 0 Å². The van der Waals surface area contributed by atoms with Gasteiger partial charge in [-0.1, -0.05) is 30.3 Å². The Morgan fingerprint density at radius 2 is 1.85 bits per heavy atom. The van der Waals surface area contributed by atoms with E-state index in [0.29, 0.717) is 36.5 Å². The number of fused-ring (bicyclic) bond motifs is 5. The molecule has 4 rings (SSSR count). The largest absolute Gasteiger partial charge is 0.384 e. The fourth-order valence-corrected chi connectivity index (χ4v) is 4.54. The van der Waals surface area contributed by atoms with Gasteiger partial charge in [0.1, 0.15) is 6.10 Å². The van der Waals surface area contributed by atoms with Gasteiger partial charge in [-0.2, -0.15) is 0 Å². The molecule has 2 aromatic carbocycles. The van der Waals surface area contributed by atoms with Crippen molar-refractivity contribution in [1.29, 1.82) is 0 Å². The smallest absolute Gasteiger partial charge is 0.167 e. The monoisotopic (exact) mass is 388 g/mol. The molecule has 0 amide bonds. The molecule has 27 heavy (non-hydrogen) atoms. The highest BCUT2D eigenvalue weighted by molar-refractivity contribution is 7.16. The minimum absolute atomic E-state index is 0.119. The van der Waals surface area contributed by atoms with E-state index in [1.54, 1.807) is 7.11 Å². The number of benzene rings is 2. The highest BCUT2D eigenvalue weighted by Crippen LogP contribution is 2.49. The van der Waals surface area contributed by atoms with E-state index in [4.69, 9.17) is 9.47 Å². The molecule has 140 valence electrons. The fourth-order valence-electron chi connectivity index (χ4n) is 3.39. The summed E-state index contributed by atoms with van der Waals surface area (Å²) in [5.41, 5.74) is 2.57. The number of halogens is 2. The van der Waals surface area contributed by atoms with Gasteiger partial charge in [0.15, 0.2) is 11.6 Å². The predicted octanol–water partition coefficient (Wildman–Crippen LogP) is 4.92. The standard InChI is InChI=1S/C21H18F2O3S/c1-25-8-9-26-11-12-10-16-18-15(6-7-17(22)19(18)23)20(24)13-4-2-3-5-14(13)21(16)27-12/h2-7,10,20,24H,8-9,11H2,1H3. The van der Waals surface area contributed by atoms with Gasteiger partial charge in [-0.15, -0.1) is 11.3 Å². The molecule has 0 saturated carbocycles. The van der Waals surface area contributed by atoms with Gasteiger partial charge in [0.05, 0.1) is 19.8 Å². The van der Waals surface area contributed by atoms with Crippen molar-refractivity contribution >= 4 is 11.3 Å². The van der Waals surface area contributed by atoms with E-state index in [1.165, 1.54) is 17.4 Å². The lowest BCUT2D eigenvalue weighted by molar-refractivity contribution is 0.0629. The summed E-state index contributed by atoms with van der Waals surface area (Å²) in [5, 5.41) is 10.8. The summed E-state index contributed by atoms with van der Waals surface area (Å²) in [6.07, 6.45) is -1.02. The van der Waals surface area contributed by atoms with Crippen molar-refractivity contribution in [2.24, 2.45) is 0 Å². The summed E-state index contributed by atoms with van der Waals surface area (Å²) in [6.45, 7) is 1.30. The Balaban J connectivity index is 1.88. The number of methoxy groups -OCH3 is 1. The van der Waals surface area contributed by atoms with Crippen molar-refractivity contribution in [3.8, 4) is 21.6 Å². The van der Waals surface area contributed by atoms with Crippen LogP contribution in [-0.2, 0) is 16.1 Å². The number of ether oxygens (including phenoxy) is 2. The van der Waals surface area contributed by atoms with E-state index < -0.39 is 17.7 Å². The van der Waals surface area contributed by atoms with Gasteiger partial charge in [-0.05, 0) is 28.8 Å². The van der Waals surface area contributed by atoms with E-state index >= 15 is 0 Å². The normalized spacial score (nSPS) is 15.0. The molecule has 6 heteroatoms. The van der Waals surface area contributed by atoms with Gasteiger partial charge in [-0.25, -0.2) is 8.78 Å². The number of hydrogen-bond donors (Lipinski definition) is 1. The molecule has 1 heterocycles. The summed E-state index contributed by atoms with van der Waals surface area (Å²) in [5.74, 6) is -1.87. The number of hydrogen-bond acceptors (Lipinski definition) is 4. The Kier molecular flexibility index (Phi) is 5.06. The molecule has 1 aromatic heterocycles. The molecule has 1 atom stereocenters. The van der Waals surface area contributed by atoms with Crippen LogP contribution in [0.15, 0.2) is 42.5 Å². The van der Waals surface area contributed by atoms with Crippen LogP contribution in [0.1, 0.15) is 22.1 Å². The van der Waals surface area contributed by atoms with Crippen LogP contribution in [0.5, 0.6) is 0 Å². The summed E-state index contributed by atoms with van der Waals surface area (Å²) in [7, 11) is 1.60. The molecular weight excluding hydrogens is 370 g/mol. The Bertz CT molecular complexity index is 984. The van der Waals surface area contributed by atoms with Crippen LogP contribution in [0.25, 0.3) is 21.6 Å². The average Bonchev–Trinajstić information content (AvgIpc) is 3.06. The second kappa shape index (κ2) is 7.48. The van der Waals surface area contributed by atoms with Crippen LogP contribution in [0, 0.1) is 11.6 Å². The molecular formula is C21H18F2O3S. The van der Waals surface area contributed by atoms with E-state index in [2.05, 4.69) is 0 Å². The first-order valence-electron chi connectivity index (χ1n) is 8.56. The van der Waals surface area contributed by atoms with E-state index in [0.717, 1.165) is 21.4 Å². The highest BCUT2D eigenvalue weighted by atomic mass is 32.1. The zero-order chi connectivity index (χ0) is 19.0. The zero-order valence-electron chi connectivity index (χ0n) is 14.7. The molecule has 0 aliphatic heterocycles. The Hall–Kier alpha value is -2.12. The van der Waals surface area contributed by atoms with Crippen LogP contribution in [0.3, 0.4) is 0 Å². The zero-order valence-corrected chi connectivity index (χ0v) is 15.5.